The first-order valence-corrected chi connectivity index (χ1v) is 8.50. The Hall–Kier alpha value is -0.750. The van der Waals surface area contributed by atoms with Gasteiger partial charge < -0.3 is 16.0 Å². The second-order valence-corrected chi connectivity index (χ2v) is 9.02. The fourth-order valence-corrected chi connectivity index (χ4v) is 2.28. The Morgan fingerprint density at radius 2 is 1.70 bits per heavy atom. The SMILES string of the molecule is CC(C)(C)CC(=O)N[C@@H](NC(=S)Nc1ccccc1)C(Cl)(Cl)Cl. The molecule has 0 fully saturated rings. The summed E-state index contributed by atoms with van der Waals surface area (Å²) in [6, 6.07) is 9.30. The van der Waals surface area contributed by atoms with Gasteiger partial charge in [0.15, 0.2) is 5.11 Å². The van der Waals surface area contributed by atoms with Crippen molar-refractivity contribution in [3.05, 3.63) is 30.3 Å². The van der Waals surface area contributed by atoms with Gasteiger partial charge in [0.25, 0.3) is 0 Å². The standard InChI is InChI=1S/C15H20Cl3N3OS/c1-14(2,3)9-11(22)20-12(15(16,17)18)21-13(23)19-10-7-5-4-6-8-10/h4-8,12H,9H2,1-3H3,(H,20,22)(H2,19,21,23)/t12-/m0/s1. The van der Waals surface area contributed by atoms with Crippen LogP contribution in [0.5, 0.6) is 0 Å². The van der Waals surface area contributed by atoms with Crippen LogP contribution < -0.4 is 16.0 Å². The van der Waals surface area contributed by atoms with Gasteiger partial charge in [0.05, 0.1) is 0 Å². The average Bonchev–Trinajstić information content (AvgIpc) is 2.35. The van der Waals surface area contributed by atoms with Crippen molar-refractivity contribution < 1.29 is 4.79 Å². The van der Waals surface area contributed by atoms with Gasteiger partial charge in [-0.3, -0.25) is 4.79 Å². The first kappa shape index (κ1) is 20.3. The van der Waals surface area contributed by atoms with Crippen molar-refractivity contribution in [2.75, 3.05) is 5.32 Å². The van der Waals surface area contributed by atoms with Crippen LogP contribution in [0, 0.1) is 5.41 Å². The molecule has 3 N–H and O–H groups in total. The third-order valence-electron chi connectivity index (χ3n) is 2.63. The lowest BCUT2D eigenvalue weighted by molar-refractivity contribution is -0.123. The van der Waals surface area contributed by atoms with Crippen molar-refractivity contribution in [2.45, 2.75) is 37.2 Å². The van der Waals surface area contributed by atoms with E-state index in [1.807, 2.05) is 51.1 Å². The predicted octanol–water partition coefficient (Wildman–Crippen LogP) is 4.22. The van der Waals surface area contributed by atoms with Gasteiger partial charge in [0.1, 0.15) is 6.17 Å². The first-order chi connectivity index (χ1) is 10.5. The van der Waals surface area contributed by atoms with Crippen LogP contribution in [0.3, 0.4) is 0 Å². The van der Waals surface area contributed by atoms with E-state index in [-0.39, 0.29) is 16.4 Å². The Morgan fingerprint density at radius 1 is 1.13 bits per heavy atom. The van der Waals surface area contributed by atoms with E-state index in [4.69, 9.17) is 47.0 Å². The molecule has 0 bridgehead atoms. The Balaban J connectivity index is 2.68. The van der Waals surface area contributed by atoms with Crippen molar-refractivity contribution >= 4 is 63.7 Å². The number of nitrogens with one attached hydrogen (secondary N) is 3. The van der Waals surface area contributed by atoms with E-state index in [9.17, 15) is 4.79 Å². The summed E-state index contributed by atoms with van der Waals surface area (Å²) in [7, 11) is 0. The van der Waals surface area contributed by atoms with Crippen LogP contribution in [0.2, 0.25) is 0 Å². The number of rotatable bonds is 4. The second kappa shape index (κ2) is 8.38. The zero-order valence-corrected chi connectivity index (χ0v) is 16.2. The van der Waals surface area contributed by atoms with Crippen LogP contribution in [0.4, 0.5) is 5.69 Å². The normalized spacial score (nSPS) is 13.1. The van der Waals surface area contributed by atoms with Crippen molar-refractivity contribution in [1.29, 1.82) is 0 Å². The minimum absolute atomic E-state index is 0.176. The minimum Gasteiger partial charge on any atom is -0.339 e. The number of halogens is 3. The maximum absolute atomic E-state index is 12.1. The molecule has 0 aliphatic carbocycles. The number of anilines is 1. The molecule has 0 saturated heterocycles. The van der Waals surface area contributed by atoms with E-state index >= 15 is 0 Å². The molecular weight excluding hydrogens is 377 g/mol. The molecule has 128 valence electrons. The average molecular weight is 397 g/mol. The summed E-state index contributed by atoms with van der Waals surface area (Å²) >= 11 is 23.0. The molecule has 0 aliphatic heterocycles. The Labute approximate surface area is 157 Å². The highest BCUT2D eigenvalue weighted by Crippen LogP contribution is 2.29. The molecule has 0 aromatic heterocycles. The molecule has 0 aliphatic rings. The van der Waals surface area contributed by atoms with E-state index in [1.165, 1.54) is 0 Å². The molecule has 0 heterocycles. The Bertz CT molecular complexity index is 541. The van der Waals surface area contributed by atoms with Crippen molar-refractivity contribution in [3.63, 3.8) is 0 Å². The van der Waals surface area contributed by atoms with E-state index in [1.54, 1.807) is 0 Å². The third-order valence-corrected chi connectivity index (χ3v) is 3.51. The smallest absolute Gasteiger partial charge is 0.228 e. The molecule has 23 heavy (non-hydrogen) atoms. The van der Waals surface area contributed by atoms with Gasteiger partial charge in [0.2, 0.25) is 9.70 Å². The summed E-state index contributed by atoms with van der Waals surface area (Å²) < 4.78 is -1.75. The molecular formula is C15H20Cl3N3OS. The minimum atomic E-state index is -1.75. The molecule has 4 nitrogen and oxygen atoms in total. The van der Waals surface area contributed by atoms with Crippen LogP contribution in [0.15, 0.2) is 30.3 Å². The molecule has 1 rings (SSSR count). The fourth-order valence-electron chi connectivity index (χ4n) is 1.71. The molecule has 0 radical (unpaired) electrons. The summed E-state index contributed by atoms with van der Waals surface area (Å²) in [5.74, 6) is -0.233. The fraction of sp³-hybridized carbons (Fsp3) is 0.467. The van der Waals surface area contributed by atoms with E-state index < -0.39 is 9.96 Å². The second-order valence-electron chi connectivity index (χ2n) is 6.24. The number of hydrogen-bond donors (Lipinski definition) is 3. The quantitative estimate of drug-likeness (QED) is 0.405. The molecule has 0 saturated carbocycles. The van der Waals surface area contributed by atoms with Gasteiger partial charge in [-0.25, -0.2) is 0 Å². The lowest BCUT2D eigenvalue weighted by Gasteiger charge is -2.29. The van der Waals surface area contributed by atoms with Crippen molar-refractivity contribution in [3.8, 4) is 0 Å². The Kier molecular flexibility index (Phi) is 7.39. The number of carbonyl (C=O) groups is 1. The number of alkyl halides is 3. The molecule has 1 amide bonds. The van der Waals surface area contributed by atoms with Crippen LogP contribution in [-0.4, -0.2) is 21.0 Å². The van der Waals surface area contributed by atoms with E-state index in [0.29, 0.717) is 6.42 Å². The molecule has 8 heteroatoms. The molecule has 1 aromatic rings. The number of hydrogen-bond acceptors (Lipinski definition) is 2. The summed E-state index contributed by atoms with van der Waals surface area (Å²) in [6.07, 6.45) is -0.656. The number of carbonyl (C=O) groups excluding carboxylic acids is 1. The van der Waals surface area contributed by atoms with Crippen LogP contribution >= 0.6 is 47.0 Å². The van der Waals surface area contributed by atoms with E-state index in [0.717, 1.165) is 5.69 Å². The maximum atomic E-state index is 12.1. The lowest BCUT2D eigenvalue weighted by atomic mass is 9.92. The lowest BCUT2D eigenvalue weighted by Crippen LogP contribution is -2.56. The summed E-state index contributed by atoms with van der Waals surface area (Å²) in [4.78, 5) is 12.1. The zero-order chi connectivity index (χ0) is 17.7. The van der Waals surface area contributed by atoms with Crippen molar-refractivity contribution in [2.24, 2.45) is 5.41 Å². The molecule has 1 aromatic carbocycles. The predicted molar refractivity (Wildman–Crippen MR) is 102 cm³/mol. The topological polar surface area (TPSA) is 53.2 Å². The highest BCUT2D eigenvalue weighted by atomic mass is 35.6. The summed E-state index contributed by atoms with van der Waals surface area (Å²) in [6.45, 7) is 5.85. The number of benzene rings is 1. The summed E-state index contributed by atoms with van der Waals surface area (Å²) in [5.41, 5.74) is 0.611. The Morgan fingerprint density at radius 3 is 2.17 bits per heavy atom. The monoisotopic (exact) mass is 395 g/mol. The van der Waals surface area contributed by atoms with Crippen LogP contribution in [0.1, 0.15) is 27.2 Å². The van der Waals surface area contributed by atoms with Crippen LogP contribution in [-0.2, 0) is 4.79 Å². The maximum Gasteiger partial charge on any atom is 0.228 e. The first-order valence-electron chi connectivity index (χ1n) is 6.96. The summed E-state index contributed by atoms with van der Waals surface area (Å²) in [5, 5.41) is 8.67. The van der Waals surface area contributed by atoms with E-state index in [2.05, 4.69) is 16.0 Å². The highest BCUT2D eigenvalue weighted by Gasteiger charge is 2.35. The molecule has 1 atom stereocenters. The molecule has 0 spiro atoms. The van der Waals surface area contributed by atoms with Crippen LogP contribution in [0.25, 0.3) is 0 Å². The highest BCUT2D eigenvalue weighted by molar-refractivity contribution is 7.80. The number of amides is 1. The number of para-hydroxylation sites is 1. The van der Waals surface area contributed by atoms with Gasteiger partial charge in [-0.05, 0) is 29.8 Å². The van der Waals surface area contributed by atoms with Gasteiger partial charge in [-0.2, -0.15) is 0 Å². The van der Waals surface area contributed by atoms with Gasteiger partial charge in [0, 0.05) is 12.1 Å². The van der Waals surface area contributed by atoms with Crippen molar-refractivity contribution in [1.82, 2.24) is 10.6 Å². The zero-order valence-electron chi connectivity index (χ0n) is 13.1. The third kappa shape index (κ3) is 8.61. The molecule has 0 unspecified atom stereocenters. The largest absolute Gasteiger partial charge is 0.339 e. The number of thiocarbonyl (C=S) groups is 1. The van der Waals surface area contributed by atoms with Gasteiger partial charge >= 0.3 is 0 Å². The van der Waals surface area contributed by atoms with Gasteiger partial charge in [-0.15, -0.1) is 0 Å². The van der Waals surface area contributed by atoms with Gasteiger partial charge in [-0.1, -0.05) is 73.8 Å².